The first-order valence-electron chi connectivity index (χ1n) is 5.72. The van der Waals surface area contributed by atoms with Crippen molar-refractivity contribution in [3.63, 3.8) is 0 Å². The summed E-state index contributed by atoms with van der Waals surface area (Å²) in [6.45, 7) is 0. The van der Waals surface area contributed by atoms with Crippen LogP contribution in [-0.2, 0) is 0 Å². The smallest absolute Gasteiger partial charge is 0.275 e. The van der Waals surface area contributed by atoms with Gasteiger partial charge in [0.1, 0.15) is 11.5 Å². The van der Waals surface area contributed by atoms with E-state index in [4.69, 9.17) is 11.6 Å². The van der Waals surface area contributed by atoms with Gasteiger partial charge in [-0.05, 0) is 56.1 Å². The minimum absolute atomic E-state index is 0.158. The Balaban J connectivity index is 2.35. The van der Waals surface area contributed by atoms with E-state index in [2.05, 4.69) is 63.4 Å². The van der Waals surface area contributed by atoms with Gasteiger partial charge in [0.2, 0.25) is 0 Å². The molecular weight excluding hydrogens is 489 g/mol. The Bertz CT molecular complexity index is 686. The van der Waals surface area contributed by atoms with Crippen LogP contribution in [0.2, 0.25) is 5.02 Å². The fraction of sp³-hybridized carbons (Fsp3) is 0.0769. The summed E-state index contributed by atoms with van der Waals surface area (Å²) in [6, 6.07) is 6.99. The fourth-order valence-corrected chi connectivity index (χ4v) is 4.22. The summed E-state index contributed by atoms with van der Waals surface area (Å²) in [4.78, 5) is 16.5. The Kier molecular flexibility index (Phi) is 5.65. The molecule has 1 aromatic heterocycles. The molecule has 1 amide bonds. The van der Waals surface area contributed by atoms with E-state index in [9.17, 15) is 4.79 Å². The topological polar surface area (TPSA) is 54.0 Å². The Labute approximate surface area is 152 Å². The van der Waals surface area contributed by atoms with Crippen LogP contribution in [0.1, 0.15) is 10.5 Å². The van der Waals surface area contributed by atoms with Crippen LogP contribution < -0.4 is 10.6 Å². The lowest BCUT2D eigenvalue weighted by atomic mass is 10.3. The van der Waals surface area contributed by atoms with Crippen LogP contribution in [0, 0.1) is 0 Å². The maximum atomic E-state index is 12.4. The lowest BCUT2D eigenvalue weighted by Crippen LogP contribution is -2.15. The Morgan fingerprint density at radius 1 is 1.19 bits per heavy atom. The van der Waals surface area contributed by atoms with Crippen molar-refractivity contribution in [1.29, 1.82) is 0 Å². The van der Waals surface area contributed by atoms with Crippen molar-refractivity contribution < 1.29 is 4.79 Å². The number of hydrogen-bond acceptors (Lipinski definition) is 3. The van der Waals surface area contributed by atoms with Crippen molar-refractivity contribution in [3.05, 3.63) is 48.4 Å². The highest BCUT2D eigenvalue weighted by Crippen LogP contribution is 2.34. The molecule has 110 valence electrons. The molecule has 0 saturated heterocycles. The SMILES string of the molecule is CNc1ccc(Cl)c(C(=O)Nc2c(Br)cc(Br)cc2Br)n1. The summed E-state index contributed by atoms with van der Waals surface area (Å²) in [6.07, 6.45) is 0. The molecule has 1 aromatic carbocycles. The van der Waals surface area contributed by atoms with Gasteiger partial charge < -0.3 is 10.6 Å². The molecule has 0 spiro atoms. The van der Waals surface area contributed by atoms with Gasteiger partial charge in [-0.25, -0.2) is 4.98 Å². The first-order valence-corrected chi connectivity index (χ1v) is 8.48. The molecule has 2 rings (SSSR count). The van der Waals surface area contributed by atoms with E-state index in [-0.39, 0.29) is 16.6 Å². The van der Waals surface area contributed by atoms with Gasteiger partial charge in [-0.15, -0.1) is 0 Å². The number of anilines is 2. The third-order valence-corrected chi connectivity index (χ3v) is 4.58. The predicted octanol–water partition coefficient (Wildman–Crippen LogP) is 5.32. The first-order chi connectivity index (χ1) is 9.92. The highest BCUT2D eigenvalue weighted by molar-refractivity contribution is 9.11. The number of carbonyl (C=O) groups is 1. The second-order valence-corrected chi connectivity index (χ2v) is 7.01. The van der Waals surface area contributed by atoms with Gasteiger partial charge >= 0.3 is 0 Å². The minimum atomic E-state index is -0.388. The number of nitrogens with zero attached hydrogens (tertiary/aromatic N) is 1. The van der Waals surface area contributed by atoms with Crippen LogP contribution in [0.4, 0.5) is 11.5 Å². The Morgan fingerprint density at radius 2 is 1.81 bits per heavy atom. The predicted molar refractivity (Wildman–Crippen MR) is 96.3 cm³/mol. The Morgan fingerprint density at radius 3 is 2.38 bits per heavy atom. The molecule has 4 nitrogen and oxygen atoms in total. The molecule has 21 heavy (non-hydrogen) atoms. The normalized spacial score (nSPS) is 10.3. The van der Waals surface area contributed by atoms with Crippen LogP contribution >= 0.6 is 59.4 Å². The van der Waals surface area contributed by atoms with Crippen molar-refractivity contribution in [2.75, 3.05) is 17.7 Å². The molecule has 0 aliphatic rings. The fourth-order valence-electron chi connectivity index (χ4n) is 1.57. The average molecular weight is 498 g/mol. The second kappa shape index (κ2) is 7.09. The number of pyridine rings is 1. The average Bonchev–Trinajstić information content (AvgIpc) is 2.43. The summed E-state index contributed by atoms with van der Waals surface area (Å²) in [7, 11) is 1.72. The third-order valence-electron chi connectivity index (χ3n) is 2.56. The molecule has 0 bridgehead atoms. The van der Waals surface area contributed by atoms with E-state index in [1.165, 1.54) is 0 Å². The summed E-state index contributed by atoms with van der Waals surface area (Å²) in [5, 5.41) is 5.94. The molecule has 0 aliphatic heterocycles. The third kappa shape index (κ3) is 3.97. The molecule has 0 radical (unpaired) electrons. The summed E-state index contributed by atoms with van der Waals surface area (Å²) in [5.41, 5.74) is 0.765. The number of nitrogens with one attached hydrogen (secondary N) is 2. The number of rotatable bonds is 3. The highest BCUT2D eigenvalue weighted by atomic mass is 79.9. The summed E-state index contributed by atoms with van der Waals surface area (Å²) >= 11 is 16.2. The zero-order valence-electron chi connectivity index (χ0n) is 10.7. The monoisotopic (exact) mass is 495 g/mol. The molecule has 0 saturated carbocycles. The lowest BCUT2D eigenvalue weighted by molar-refractivity contribution is 0.102. The van der Waals surface area contributed by atoms with Crippen molar-refractivity contribution >= 4 is 76.8 Å². The van der Waals surface area contributed by atoms with E-state index < -0.39 is 0 Å². The van der Waals surface area contributed by atoms with Crippen LogP contribution in [0.5, 0.6) is 0 Å². The standard InChI is InChI=1S/C13H9Br3ClN3O/c1-18-10-3-2-9(17)12(19-10)13(21)20-11-7(15)4-6(14)5-8(11)16/h2-5H,1H3,(H,18,19)(H,20,21). The number of benzene rings is 1. The number of carbonyl (C=O) groups excluding carboxylic acids is 1. The molecule has 0 unspecified atom stereocenters. The van der Waals surface area contributed by atoms with Crippen LogP contribution in [0.25, 0.3) is 0 Å². The van der Waals surface area contributed by atoms with E-state index in [1.807, 2.05) is 12.1 Å². The molecule has 0 atom stereocenters. The van der Waals surface area contributed by atoms with Crippen molar-refractivity contribution in [3.8, 4) is 0 Å². The zero-order chi connectivity index (χ0) is 15.6. The van der Waals surface area contributed by atoms with Crippen LogP contribution in [0.3, 0.4) is 0 Å². The minimum Gasteiger partial charge on any atom is -0.373 e. The molecule has 2 aromatic rings. The quantitative estimate of drug-likeness (QED) is 0.603. The van der Waals surface area contributed by atoms with Crippen molar-refractivity contribution in [2.24, 2.45) is 0 Å². The van der Waals surface area contributed by atoms with E-state index in [0.717, 1.165) is 13.4 Å². The number of halogens is 4. The maximum Gasteiger partial charge on any atom is 0.275 e. The Hall–Kier alpha value is -0.630. The number of aromatic nitrogens is 1. The van der Waals surface area contributed by atoms with Gasteiger partial charge in [-0.1, -0.05) is 27.5 Å². The van der Waals surface area contributed by atoms with Gasteiger partial charge in [0, 0.05) is 20.5 Å². The molecule has 1 heterocycles. The van der Waals surface area contributed by atoms with E-state index in [1.54, 1.807) is 19.2 Å². The highest BCUT2D eigenvalue weighted by Gasteiger charge is 2.16. The number of amides is 1. The lowest BCUT2D eigenvalue weighted by Gasteiger charge is -2.11. The van der Waals surface area contributed by atoms with Crippen LogP contribution in [0.15, 0.2) is 37.7 Å². The molecule has 0 aliphatic carbocycles. The van der Waals surface area contributed by atoms with Gasteiger partial charge in [-0.3, -0.25) is 4.79 Å². The van der Waals surface area contributed by atoms with Crippen molar-refractivity contribution in [1.82, 2.24) is 4.98 Å². The molecular formula is C13H9Br3ClN3O. The summed E-state index contributed by atoms with van der Waals surface area (Å²) in [5.74, 6) is 0.180. The van der Waals surface area contributed by atoms with E-state index >= 15 is 0 Å². The van der Waals surface area contributed by atoms with Gasteiger partial charge in [0.05, 0.1) is 10.7 Å². The van der Waals surface area contributed by atoms with Gasteiger partial charge in [0.25, 0.3) is 5.91 Å². The van der Waals surface area contributed by atoms with Crippen molar-refractivity contribution in [2.45, 2.75) is 0 Å². The van der Waals surface area contributed by atoms with E-state index in [0.29, 0.717) is 11.5 Å². The van der Waals surface area contributed by atoms with Crippen LogP contribution in [-0.4, -0.2) is 17.9 Å². The maximum absolute atomic E-state index is 12.4. The zero-order valence-corrected chi connectivity index (χ0v) is 16.2. The second-order valence-electron chi connectivity index (χ2n) is 3.98. The van der Waals surface area contributed by atoms with Gasteiger partial charge in [-0.2, -0.15) is 0 Å². The molecule has 2 N–H and O–H groups in total. The first kappa shape index (κ1) is 16.7. The number of hydrogen-bond donors (Lipinski definition) is 2. The van der Waals surface area contributed by atoms with Gasteiger partial charge in [0.15, 0.2) is 0 Å². The molecule has 8 heteroatoms. The summed E-state index contributed by atoms with van der Waals surface area (Å²) < 4.78 is 2.35. The molecule has 0 fully saturated rings. The largest absolute Gasteiger partial charge is 0.373 e.